The molecule has 0 unspecified atom stereocenters. The third-order valence-corrected chi connectivity index (χ3v) is 5.27. The highest BCUT2D eigenvalue weighted by Crippen LogP contribution is 2.24. The van der Waals surface area contributed by atoms with Gasteiger partial charge in [-0.25, -0.2) is 18.7 Å². The number of aryl methyl sites for hydroxylation is 1. The lowest BCUT2D eigenvalue weighted by Gasteiger charge is -2.15. The minimum Gasteiger partial charge on any atom is -0.487 e. The second kappa shape index (κ2) is 10.4. The van der Waals surface area contributed by atoms with Crippen LogP contribution in [0, 0.1) is 18.6 Å². The highest BCUT2D eigenvalue weighted by atomic mass is 79.9. The van der Waals surface area contributed by atoms with Gasteiger partial charge in [0, 0.05) is 41.3 Å². The summed E-state index contributed by atoms with van der Waals surface area (Å²) < 4.78 is 34.1. The molecule has 2 heterocycles. The fraction of sp³-hybridized carbons (Fsp3) is 0.238. The summed E-state index contributed by atoms with van der Waals surface area (Å²) in [7, 11) is 0. The van der Waals surface area contributed by atoms with Gasteiger partial charge in [0.05, 0.1) is 19.6 Å². The number of nitrogens with one attached hydrogen (secondary N) is 1. The average Bonchev–Trinajstić information content (AvgIpc) is 2.78. The Kier molecular flexibility index (Phi) is 7.65. The molecule has 0 saturated carbocycles. The van der Waals surface area contributed by atoms with Crippen molar-refractivity contribution in [2.75, 3.05) is 6.54 Å². The number of rotatable bonds is 8. The van der Waals surface area contributed by atoms with Crippen molar-refractivity contribution < 1.29 is 18.3 Å². The molecule has 1 amide bonds. The van der Waals surface area contributed by atoms with Crippen molar-refractivity contribution >= 4 is 21.8 Å². The zero-order valence-corrected chi connectivity index (χ0v) is 18.7. The van der Waals surface area contributed by atoms with E-state index in [0.717, 1.165) is 12.1 Å². The number of pyridine rings is 1. The minimum atomic E-state index is -0.725. The summed E-state index contributed by atoms with van der Waals surface area (Å²) in [5.74, 6) is -1.05. The predicted molar refractivity (Wildman–Crippen MR) is 116 cm³/mol. The van der Waals surface area contributed by atoms with Crippen LogP contribution in [-0.4, -0.2) is 27.0 Å². The van der Waals surface area contributed by atoms with E-state index in [1.807, 2.05) is 0 Å². The van der Waals surface area contributed by atoms with Crippen LogP contribution in [0.3, 0.4) is 0 Å². The van der Waals surface area contributed by atoms with E-state index in [2.05, 4.69) is 31.2 Å². The second-order valence-corrected chi connectivity index (χ2v) is 7.66. The third-order valence-electron chi connectivity index (χ3n) is 4.54. The SMILES string of the molecule is Cc1cc(OCc2ccc(F)cc2F)c(Br)c(=O)n1Cc1cnc(CNC(=O)CN)nc1. The topological polar surface area (TPSA) is 112 Å². The van der Waals surface area contributed by atoms with Crippen molar-refractivity contribution in [2.24, 2.45) is 5.73 Å². The summed E-state index contributed by atoms with van der Waals surface area (Å²) in [5, 5.41) is 2.57. The number of aromatic nitrogens is 3. The fourth-order valence-corrected chi connectivity index (χ4v) is 3.24. The molecule has 168 valence electrons. The first-order valence-electron chi connectivity index (χ1n) is 9.51. The number of carbonyl (C=O) groups excluding carboxylic acids is 1. The molecule has 0 aliphatic heterocycles. The monoisotopic (exact) mass is 507 g/mol. The smallest absolute Gasteiger partial charge is 0.269 e. The maximum atomic E-state index is 13.8. The molecule has 3 aromatic rings. The molecule has 0 aliphatic rings. The number of carbonyl (C=O) groups is 1. The van der Waals surface area contributed by atoms with E-state index in [-0.39, 0.29) is 53.5 Å². The van der Waals surface area contributed by atoms with Gasteiger partial charge in [-0.2, -0.15) is 0 Å². The van der Waals surface area contributed by atoms with Crippen molar-refractivity contribution in [2.45, 2.75) is 26.6 Å². The molecule has 3 rings (SSSR count). The van der Waals surface area contributed by atoms with Gasteiger partial charge in [-0.05, 0) is 35.0 Å². The molecule has 0 spiro atoms. The van der Waals surface area contributed by atoms with Gasteiger partial charge < -0.3 is 20.4 Å². The number of hydrogen-bond donors (Lipinski definition) is 2. The molecule has 3 N–H and O–H groups in total. The maximum Gasteiger partial charge on any atom is 0.269 e. The number of amides is 1. The molecule has 8 nitrogen and oxygen atoms in total. The van der Waals surface area contributed by atoms with E-state index in [0.29, 0.717) is 17.1 Å². The molecular formula is C21H20BrF2N5O3. The number of hydrogen-bond acceptors (Lipinski definition) is 6. The molecule has 0 aliphatic carbocycles. The van der Waals surface area contributed by atoms with Crippen LogP contribution in [0.4, 0.5) is 8.78 Å². The van der Waals surface area contributed by atoms with Crippen LogP contribution in [0.1, 0.15) is 22.6 Å². The normalized spacial score (nSPS) is 10.8. The molecule has 0 saturated heterocycles. The summed E-state index contributed by atoms with van der Waals surface area (Å²) in [4.78, 5) is 32.4. The van der Waals surface area contributed by atoms with Gasteiger partial charge in [-0.3, -0.25) is 9.59 Å². The Morgan fingerprint density at radius 3 is 2.62 bits per heavy atom. The molecule has 11 heteroatoms. The third kappa shape index (κ3) is 5.74. The van der Waals surface area contributed by atoms with Crippen molar-refractivity contribution in [3.05, 3.63) is 85.8 Å². The molecule has 2 aromatic heterocycles. The van der Waals surface area contributed by atoms with Crippen LogP contribution in [0.5, 0.6) is 5.75 Å². The number of halogens is 3. The van der Waals surface area contributed by atoms with Crippen LogP contribution in [0.15, 0.2) is 45.9 Å². The van der Waals surface area contributed by atoms with Gasteiger partial charge >= 0.3 is 0 Å². The van der Waals surface area contributed by atoms with E-state index in [9.17, 15) is 18.4 Å². The largest absolute Gasteiger partial charge is 0.487 e. The predicted octanol–water partition coefficient (Wildman–Crippen LogP) is 2.19. The fourth-order valence-electron chi connectivity index (χ4n) is 2.80. The Balaban J connectivity index is 1.72. The average molecular weight is 508 g/mol. The Bertz CT molecular complexity index is 1190. The van der Waals surface area contributed by atoms with Gasteiger partial charge in [0.15, 0.2) is 0 Å². The Hall–Kier alpha value is -3.18. The van der Waals surface area contributed by atoms with Gasteiger partial charge in [-0.15, -0.1) is 0 Å². The summed E-state index contributed by atoms with van der Waals surface area (Å²) in [6.45, 7) is 1.82. The van der Waals surface area contributed by atoms with Gasteiger partial charge in [0.1, 0.15) is 34.3 Å². The van der Waals surface area contributed by atoms with E-state index in [1.165, 1.54) is 10.6 Å². The van der Waals surface area contributed by atoms with E-state index >= 15 is 0 Å². The highest BCUT2D eigenvalue weighted by molar-refractivity contribution is 9.10. The van der Waals surface area contributed by atoms with Crippen molar-refractivity contribution in [1.82, 2.24) is 19.9 Å². The zero-order valence-electron chi connectivity index (χ0n) is 17.1. The molecule has 32 heavy (non-hydrogen) atoms. The van der Waals surface area contributed by atoms with Crippen molar-refractivity contribution in [1.29, 1.82) is 0 Å². The van der Waals surface area contributed by atoms with Crippen LogP contribution in [0.25, 0.3) is 0 Å². The first-order valence-corrected chi connectivity index (χ1v) is 10.3. The summed E-state index contributed by atoms with van der Waals surface area (Å²) >= 11 is 3.24. The number of ether oxygens (including phenoxy) is 1. The van der Waals surface area contributed by atoms with Crippen LogP contribution in [-0.2, 0) is 24.5 Å². The summed E-state index contributed by atoms with van der Waals surface area (Å²) in [6, 6.07) is 4.85. The highest BCUT2D eigenvalue weighted by Gasteiger charge is 2.14. The molecule has 0 fully saturated rings. The molecule has 0 bridgehead atoms. The van der Waals surface area contributed by atoms with Gasteiger partial charge in [0.25, 0.3) is 5.56 Å². The first kappa shape index (κ1) is 23.5. The number of nitrogens with two attached hydrogens (primary N) is 1. The molecule has 1 aromatic carbocycles. The quantitative estimate of drug-likeness (QED) is 0.483. The van der Waals surface area contributed by atoms with Crippen molar-refractivity contribution in [3.63, 3.8) is 0 Å². The number of nitrogens with zero attached hydrogens (tertiary/aromatic N) is 3. The Labute approximate surface area is 190 Å². The van der Waals surface area contributed by atoms with E-state index in [4.69, 9.17) is 10.5 Å². The molecular weight excluding hydrogens is 488 g/mol. The van der Waals surface area contributed by atoms with E-state index in [1.54, 1.807) is 25.4 Å². The lowest BCUT2D eigenvalue weighted by molar-refractivity contribution is -0.119. The molecule has 0 radical (unpaired) electrons. The molecule has 0 atom stereocenters. The van der Waals surface area contributed by atoms with Crippen LogP contribution < -0.4 is 21.3 Å². The standard InChI is InChI=1S/C21H20BrF2N5O3/c1-12-4-17(32-11-14-2-3-15(23)5-16(14)24)20(22)21(31)29(12)10-13-7-26-18(27-8-13)9-28-19(30)6-25/h2-5,7-8H,6,9-11,25H2,1H3,(H,28,30). The zero-order chi connectivity index (χ0) is 23.3. The van der Waals surface area contributed by atoms with E-state index < -0.39 is 11.6 Å². The Morgan fingerprint density at radius 2 is 1.97 bits per heavy atom. The van der Waals surface area contributed by atoms with Gasteiger partial charge in [0.2, 0.25) is 5.91 Å². The first-order chi connectivity index (χ1) is 15.3. The minimum absolute atomic E-state index is 0.117. The lowest BCUT2D eigenvalue weighted by atomic mass is 10.2. The Morgan fingerprint density at radius 1 is 1.25 bits per heavy atom. The maximum absolute atomic E-state index is 13.8. The van der Waals surface area contributed by atoms with Crippen LogP contribution in [0.2, 0.25) is 0 Å². The van der Waals surface area contributed by atoms with Crippen LogP contribution >= 0.6 is 15.9 Å². The number of benzene rings is 1. The lowest BCUT2D eigenvalue weighted by Crippen LogP contribution is -2.30. The summed E-state index contributed by atoms with van der Waals surface area (Å²) in [5.41, 5.74) is 6.33. The van der Waals surface area contributed by atoms with Crippen molar-refractivity contribution in [3.8, 4) is 5.75 Å². The summed E-state index contributed by atoms with van der Waals surface area (Å²) in [6.07, 6.45) is 3.14. The van der Waals surface area contributed by atoms with Gasteiger partial charge in [-0.1, -0.05) is 0 Å². The second-order valence-electron chi connectivity index (χ2n) is 6.87.